The molecule has 2 aliphatic heterocycles. The Kier molecular flexibility index (Phi) is 10.4. The van der Waals surface area contributed by atoms with Crippen molar-refractivity contribution in [1.82, 2.24) is 0 Å². The molecule has 0 radical (unpaired) electrons. The smallest absolute Gasteiger partial charge is 0.347 e. The van der Waals surface area contributed by atoms with E-state index in [9.17, 15) is 55.9 Å². The first-order chi connectivity index (χ1) is 28.7. The van der Waals surface area contributed by atoms with Crippen LogP contribution in [0.1, 0.15) is 28.6 Å². The van der Waals surface area contributed by atoms with Crippen molar-refractivity contribution in [2.75, 3.05) is 20.8 Å². The number of hydrogen-bond acceptors (Lipinski definition) is 17. The molecule has 60 heavy (non-hydrogen) atoms. The van der Waals surface area contributed by atoms with E-state index in [4.69, 9.17) is 32.5 Å². The van der Waals surface area contributed by atoms with Gasteiger partial charge in [-0.1, -0.05) is 6.07 Å². The van der Waals surface area contributed by atoms with E-state index in [1.165, 1.54) is 74.9 Å². The van der Waals surface area contributed by atoms with Crippen LogP contribution in [0.3, 0.4) is 0 Å². The van der Waals surface area contributed by atoms with Gasteiger partial charge in [-0.15, -0.1) is 0 Å². The van der Waals surface area contributed by atoms with Crippen LogP contribution in [-0.4, -0.2) is 113 Å². The van der Waals surface area contributed by atoms with Crippen LogP contribution in [0.5, 0.6) is 51.7 Å². The van der Waals surface area contributed by atoms with E-state index in [-0.39, 0.29) is 102 Å². The number of benzene rings is 4. The van der Waals surface area contributed by atoms with Crippen molar-refractivity contribution in [2.24, 2.45) is 0 Å². The van der Waals surface area contributed by atoms with Crippen molar-refractivity contribution >= 4 is 34.1 Å². The Balaban J connectivity index is 1.32. The summed E-state index contributed by atoms with van der Waals surface area (Å²) in [5, 5.41) is 106. The number of methoxy groups -OCH3 is 2. The predicted molar refractivity (Wildman–Crippen MR) is 207 cm³/mol. The fourth-order valence-electron chi connectivity index (χ4n) is 7.40. The first-order valence-corrected chi connectivity index (χ1v) is 18.3. The maximum absolute atomic E-state index is 11.1. The Morgan fingerprint density at radius 1 is 0.767 bits per heavy atom. The fourth-order valence-corrected chi connectivity index (χ4v) is 7.40. The predicted octanol–water partition coefficient (Wildman–Crippen LogP) is 2.78. The Morgan fingerprint density at radius 2 is 1.47 bits per heavy atom. The van der Waals surface area contributed by atoms with Crippen LogP contribution in [0.15, 0.2) is 63.4 Å². The van der Waals surface area contributed by atoms with Crippen LogP contribution >= 0.6 is 0 Å². The van der Waals surface area contributed by atoms with Crippen molar-refractivity contribution in [1.29, 1.82) is 0 Å². The van der Waals surface area contributed by atoms with Gasteiger partial charge in [-0.3, -0.25) is 4.79 Å². The highest BCUT2D eigenvalue weighted by Crippen LogP contribution is 2.49. The number of fused-ring (bicyclic) bond motifs is 1. The van der Waals surface area contributed by atoms with E-state index < -0.39 is 61.0 Å². The summed E-state index contributed by atoms with van der Waals surface area (Å²) in [7, 11) is 2.62. The summed E-state index contributed by atoms with van der Waals surface area (Å²) in [6.45, 7) is -0.750. The molecular weight excluding hydrogens is 792 g/mol. The Bertz CT molecular complexity index is 2690. The number of hydrogen-bond donors (Lipinski definition) is 10. The second-order valence-corrected chi connectivity index (χ2v) is 14.2. The SMILES string of the molecule is COc1cc(-c2oc3cc(=[OH+])cc4oc(C=Cc5c(O)cc(O)c6c5O[C@H](c5ccc(O)c(O)c5)[C@@H](O)C6)cc(c2O[C@@H]2O[C@H](CO)[C@@H](O)[C@H](O)[C@H]2O)c43)cc(OC)c1O. The van der Waals surface area contributed by atoms with Gasteiger partial charge in [-0.05, 0) is 48.0 Å². The molecule has 2 aliphatic rings. The van der Waals surface area contributed by atoms with Crippen LogP contribution in [-0.2, 0) is 11.2 Å². The van der Waals surface area contributed by atoms with Gasteiger partial charge >= 0.3 is 5.43 Å². The van der Waals surface area contributed by atoms with Crippen molar-refractivity contribution < 1.29 is 88.4 Å². The first kappa shape index (κ1) is 40.1. The molecule has 0 aliphatic carbocycles. The number of phenols is 5. The number of aromatic hydroxyl groups is 5. The molecule has 0 saturated carbocycles. The normalized spacial score (nSPS) is 22.8. The molecule has 18 nitrogen and oxygen atoms in total. The number of aliphatic hydroxyl groups is 5. The summed E-state index contributed by atoms with van der Waals surface area (Å²) in [5.74, 6) is -2.27. The highest BCUT2D eigenvalue weighted by Gasteiger charge is 2.45. The standard InChI is InChI=1S/C42H38O18/c1-54-30-8-17(9-31(55-2)34(30)50)39-41(60-42-37(53)36(52)35(51)32(15-43)58-42)22-12-19(56-28-10-18(44)11-29(57-39)33(22)28)4-5-20-24(46)14-25(47)21-13-27(49)38(59-40(20)21)16-3-6-23(45)26(48)7-16/h3-12,14,27,32,35-38,42-43,45-53H,13,15H2,1-2H3/p+1/t27-,32+,35+,36-,37+,38+,42-/m0/s1. The zero-order valence-electron chi connectivity index (χ0n) is 31.6. The first-order valence-electron chi connectivity index (χ1n) is 18.3. The average molecular weight is 832 g/mol. The maximum atomic E-state index is 11.1. The lowest BCUT2D eigenvalue weighted by Gasteiger charge is -2.39. The van der Waals surface area contributed by atoms with Gasteiger partial charge in [0.1, 0.15) is 64.7 Å². The monoisotopic (exact) mass is 831 g/mol. The maximum Gasteiger partial charge on any atom is 0.347 e. The molecule has 1 saturated heterocycles. The van der Waals surface area contributed by atoms with E-state index >= 15 is 0 Å². The van der Waals surface area contributed by atoms with Crippen LogP contribution < -0.4 is 24.4 Å². The lowest BCUT2D eigenvalue weighted by molar-refractivity contribution is -0.277. The van der Waals surface area contributed by atoms with E-state index in [0.717, 1.165) is 6.07 Å². The topological polar surface area (TPSA) is 296 Å². The zero-order chi connectivity index (χ0) is 42.7. The minimum absolute atomic E-state index is 0.00822. The molecule has 0 amide bonds. The molecule has 314 valence electrons. The van der Waals surface area contributed by atoms with Crippen LogP contribution in [0.25, 0.3) is 45.4 Å². The van der Waals surface area contributed by atoms with E-state index in [1.54, 1.807) is 0 Å². The van der Waals surface area contributed by atoms with E-state index in [1.807, 2.05) is 0 Å². The molecule has 1 fully saturated rings. The lowest BCUT2D eigenvalue weighted by Crippen LogP contribution is -2.60. The molecule has 8 rings (SSSR count). The minimum atomic E-state index is -1.86. The Hall–Kier alpha value is -6.67. The van der Waals surface area contributed by atoms with Crippen molar-refractivity contribution in [3.63, 3.8) is 0 Å². The molecule has 0 unspecified atom stereocenters. The molecule has 0 bridgehead atoms. The van der Waals surface area contributed by atoms with Gasteiger partial charge in [-0.2, -0.15) is 0 Å². The van der Waals surface area contributed by atoms with Crippen molar-refractivity contribution in [2.45, 2.75) is 49.3 Å². The van der Waals surface area contributed by atoms with Gasteiger partial charge in [0.25, 0.3) is 0 Å². The third-order valence-electron chi connectivity index (χ3n) is 10.4. The highest BCUT2D eigenvalue weighted by molar-refractivity contribution is 6.10. The second-order valence-electron chi connectivity index (χ2n) is 14.2. The number of ether oxygens (including phenoxy) is 5. The minimum Gasteiger partial charge on any atom is -0.507 e. The molecule has 4 heterocycles. The molecule has 18 heteroatoms. The van der Waals surface area contributed by atoms with Crippen LogP contribution in [0.4, 0.5) is 0 Å². The zero-order valence-corrected chi connectivity index (χ0v) is 31.6. The number of rotatable bonds is 9. The molecule has 6 aromatic rings. The molecule has 0 spiro atoms. The van der Waals surface area contributed by atoms with E-state index in [0.29, 0.717) is 5.56 Å². The Labute approximate surface area is 337 Å². The Morgan fingerprint density at radius 3 is 2.13 bits per heavy atom. The lowest BCUT2D eigenvalue weighted by atomic mass is 9.92. The van der Waals surface area contributed by atoms with Crippen molar-refractivity contribution in [3.05, 3.63) is 82.5 Å². The summed E-state index contributed by atoms with van der Waals surface area (Å²) < 4.78 is 41.4. The number of aliphatic hydroxyl groups excluding tert-OH is 5. The van der Waals surface area contributed by atoms with Crippen LogP contribution in [0, 0.1) is 0 Å². The molecule has 11 N–H and O–H groups in total. The number of phenolic OH excluding ortho intramolecular Hbond substituents is 5. The van der Waals surface area contributed by atoms with Gasteiger partial charge < -0.3 is 83.6 Å². The molecule has 2 aromatic heterocycles. The summed E-state index contributed by atoms with van der Waals surface area (Å²) in [5.41, 5.74) is 0.502. The average Bonchev–Trinajstić information content (AvgIpc) is 3.22. The summed E-state index contributed by atoms with van der Waals surface area (Å²) in [4.78, 5) is 10.8. The molecule has 4 aromatic carbocycles. The largest absolute Gasteiger partial charge is 0.507 e. The van der Waals surface area contributed by atoms with E-state index in [2.05, 4.69) is 0 Å². The van der Waals surface area contributed by atoms with Gasteiger partial charge in [-0.25, -0.2) is 0 Å². The molecular formula is C42H39O18+. The second kappa shape index (κ2) is 15.5. The van der Waals surface area contributed by atoms with Gasteiger partial charge in [0.05, 0.1) is 50.0 Å². The van der Waals surface area contributed by atoms with Gasteiger partial charge in [0.2, 0.25) is 12.0 Å². The fraction of sp³-hybridized carbons (Fsp3) is 0.262. The van der Waals surface area contributed by atoms with Crippen LogP contribution in [0.2, 0.25) is 0 Å². The summed E-state index contributed by atoms with van der Waals surface area (Å²) in [6, 6.07) is 11.8. The third kappa shape index (κ3) is 6.89. The van der Waals surface area contributed by atoms with Gasteiger partial charge in [0, 0.05) is 29.0 Å². The summed E-state index contributed by atoms with van der Waals surface area (Å²) >= 11 is 0. The summed E-state index contributed by atoms with van der Waals surface area (Å²) in [6.07, 6.45) is -8.08. The quantitative estimate of drug-likeness (QED) is 0.0740. The third-order valence-corrected chi connectivity index (χ3v) is 10.4. The molecule has 7 atom stereocenters. The highest BCUT2D eigenvalue weighted by atomic mass is 16.7. The van der Waals surface area contributed by atoms with Gasteiger partial charge in [0.15, 0.2) is 34.5 Å². The van der Waals surface area contributed by atoms with Crippen molar-refractivity contribution in [3.8, 4) is 63.1 Å².